The molecule has 2 atom stereocenters. The van der Waals surface area contributed by atoms with Crippen molar-refractivity contribution in [3.63, 3.8) is 0 Å². The molecule has 19 heavy (non-hydrogen) atoms. The third kappa shape index (κ3) is 3.36. The Morgan fingerprint density at radius 2 is 2.37 bits per heavy atom. The smallest absolute Gasteiger partial charge is 0.339 e. The first-order chi connectivity index (χ1) is 9.11. The second-order valence-corrected chi connectivity index (χ2v) is 4.98. The van der Waals surface area contributed by atoms with Crippen molar-refractivity contribution in [2.45, 2.75) is 39.3 Å². The maximum absolute atomic E-state index is 10.9. The highest BCUT2D eigenvalue weighted by Gasteiger charge is 2.26. The van der Waals surface area contributed by atoms with E-state index in [0.29, 0.717) is 30.1 Å². The fraction of sp³-hybridized carbons (Fsp3) is 0.643. The first kappa shape index (κ1) is 14.1. The van der Waals surface area contributed by atoms with E-state index >= 15 is 0 Å². The Balaban J connectivity index is 1.82. The Labute approximate surface area is 112 Å². The molecule has 0 aliphatic carbocycles. The minimum atomic E-state index is -0.942. The number of carbonyl (C=O) groups is 1. The quantitative estimate of drug-likeness (QED) is 0.826. The zero-order valence-corrected chi connectivity index (χ0v) is 11.4. The van der Waals surface area contributed by atoms with Crippen molar-refractivity contribution in [3.8, 4) is 0 Å². The van der Waals surface area contributed by atoms with E-state index in [1.165, 1.54) is 0 Å². The predicted octanol–water partition coefficient (Wildman–Crippen LogP) is 2.19. The van der Waals surface area contributed by atoms with Gasteiger partial charge in [0.15, 0.2) is 0 Å². The second kappa shape index (κ2) is 6.21. The summed E-state index contributed by atoms with van der Waals surface area (Å²) in [7, 11) is 0. The minimum absolute atomic E-state index is 0.243. The molecule has 5 nitrogen and oxygen atoms in total. The molecule has 2 heterocycles. The van der Waals surface area contributed by atoms with E-state index in [-0.39, 0.29) is 5.56 Å². The van der Waals surface area contributed by atoms with E-state index in [4.69, 9.17) is 14.3 Å². The van der Waals surface area contributed by atoms with Gasteiger partial charge in [-0.05, 0) is 31.7 Å². The van der Waals surface area contributed by atoms with Crippen LogP contribution in [0.5, 0.6) is 0 Å². The molecule has 5 heteroatoms. The lowest BCUT2D eigenvalue weighted by Crippen LogP contribution is -2.27. The predicted molar refractivity (Wildman–Crippen MR) is 70.2 cm³/mol. The SMILES string of the molecule is CCC1OCCC1CNCc1cc(C(=O)O)c(C)o1. The number of rotatable bonds is 6. The summed E-state index contributed by atoms with van der Waals surface area (Å²) >= 11 is 0. The Morgan fingerprint density at radius 3 is 3.00 bits per heavy atom. The van der Waals surface area contributed by atoms with Crippen LogP contribution in [0.4, 0.5) is 0 Å². The van der Waals surface area contributed by atoms with E-state index < -0.39 is 5.97 Å². The molecule has 0 amide bonds. The highest BCUT2D eigenvalue weighted by molar-refractivity contribution is 5.88. The van der Waals surface area contributed by atoms with Crippen LogP contribution in [0.3, 0.4) is 0 Å². The Hall–Kier alpha value is -1.33. The average molecular weight is 267 g/mol. The van der Waals surface area contributed by atoms with Crippen LogP contribution in [-0.2, 0) is 11.3 Å². The van der Waals surface area contributed by atoms with Gasteiger partial charge in [-0.2, -0.15) is 0 Å². The van der Waals surface area contributed by atoms with Gasteiger partial charge < -0.3 is 19.6 Å². The molecule has 1 aliphatic rings. The van der Waals surface area contributed by atoms with Gasteiger partial charge in [-0.1, -0.05) is 6.92 Å². The summed E-state index contributed by atoms with van der Waals surface area (Å²) in [5, 5.41) is 12.3. The van der Waals surface area contributed by atoms with E-state index in [0.717, 1.165) is 26.0 Å². The summed E-state index contributed by atoms with van der Waals surface area (Å²) in [5.41, 5.74) is 0.243. The summed E-state index contributed by atoms with van der Waals surface area (Å²) < 4.78 is 11.1. The fourth-order valence-corrected chi connectivity index (χ4v) is 2.60. The largest absolute Gasteiger partial charge is 0.478 e. The molecule has 1 aromatic rings. The van der Waals surface area contributed by atoms with Crippen LogP contribution < -0.4 is 5.32 Å². The molecular weight excluding hydrogens is 246 g/mol. The van der Waals surface area contributed by atoms with Crippen LogP contribution >= 0.6 is 0 Å². The maximum atomic E-state index is 10.9. The molecule has 1 saturated heterocycles. The fourth-order valence-electron chi connectivity index (χ4n) is 2.60. The summed E-state index contributed by atoms with van der Waals surface area (Å²) in [6.07, 6.45) is 2.47. The molecule has 0 spiro atoms. The Bertz CT molecular complexity index is 441. The number of carboxylic acid groups (broad SMARTS) is 1. The van der Waals surface area contributed by atoms with Gasteiger partial charge in [0.05, 0.1) is 12.6 Å². The summed E-state index contributed by atoms with van der Waals surface area (Å²) in [5.74, 6) is 0.726. The maximum Gasteiger partial charge on any atom is 0.339 e. The standard InChI is InChI=1S/C14H21NO4/c1-3-13-10(4-5-18-13)7-15-8-11-6-12(14(16)17)9(2)19-11/h6,10,13,15H,3-5,7-8H2,1-2H3,(H,16,17). The Kier molecular flexibility index (Phi) is 4.61. The zero-order chi connectivity index (χ0) is 13.8. The lowest BCUT2D eigenvalue weighted by Gasteiger charge is -2.16. The molecule has 2 rings (SSSR count). The van der Waals surface area contributed by atoms with E-state index in [1.54, 1.807) is 13.0 Å². The molecule has 0 bridgehead atoms. The van der Waals surface area contributed by atoms with Crippen LogP contribution in [0.1, 0.15) is 41.6 Å². The van der Waals surface area contributed by atoms with Gasteiger partial charge in [-0.15, -0.1) is 0 Å². The highest BCUT2D eigenvalue weighted by atomic mass is 16.5. The number of ether oxygens (including phenoxy) is 1. The summed E-state index contributed by atoms with van der Waals surface area (Å²) in [6, 6.07) is 1.59. The molecule has 0 saturated carbocycles. The van der Waals surface area contributed by atoms with Crippen LogP contribution in [0.25, 0.3) is 0 Å². The zero-order valence-electron chi connectivity index (χ0n) is 11.4. The number of aromatic carboxylic acids is 1. The topological polar surface area (TPSA) is 71.7 Å². The summed E-state index contributed by atoms with van der Waals surface area (Å²) in [4.78, 5) is 10.9. The van der Waals surface area contributed by atoms with Crippen LogP contribution in [0.2, 0.25) is 0 Å². The third-order valence-corrected chi connectivity index (χ3v) is 3.65. The first-order valence-corrected chi connectivity index (χ1v) is 6.76. The van der Waals surface area contributed by atoms with Crippen LogP contribution in [-0.4, -0.2) is 30.3 Å². The summed E-state index contributed by atoms with van der Waals surface area (Å²) in [6.45, 7) is 6.08. The number of hydrogen-bond donors (Lipinski definition) is 2. The van der Waals surface area contributed by atoms with Gasteiger partial charge in [-0.3, -0.25) is 0 Å². The number of carboxylic acids is 1. The average Bonchev–Trinajstić information content (AvgIpc) is 2.95. The van der Waals surface area contributed by atoms with Crippen molar-refractivity contribution in [2.75, 3.05) is 13.2 Å². The van der Waals surface area contributed by atoms with Gasteiger partial charge in [-0.25, -0.2) is 4.79 Å². The molecule has 1 aliphatic heterocycles. The van der Waals surface area contributed by atoms with Crippen molar-refractivity contribution < 1.29 is 19.1 Å². The van der Waals surface area contributed by atoms with Gasteiger partial charge in [0.25, 0.3) is 0 Å². The lowest BCUT2D eigenvalue weighted by atomic mass is 10.00. The monoisotopic (exact) mass is 267 g/mol. The van der Waals surface area contributed by atoms with Gasteiger partial charge in [0, 0.05) is 13.2 Å². The van der Waals surface area contributed by atoms with E-state index in [1.807, 2.05) is 0 Å². The van der Waals surface area contributed by atoms with Gasteiger partial charge in [0.2, 0.25) is 0 Å². The van der Waals surface area contributed by atoms with Gasteiger partial charge in [0.1, 0.15) is 17.1 Å². The van der Waals surface area contributed by atoms with Crippen LogP contribution in [0, 0.1) is 12.8 Å². The molecule has 1 aromatic heterocycles. The van der Waals surface area contributed by atoms with E-state index in [2.05, 4.69) is 12.2 Å². The van der Waals surface area contributed by atoms with Crippen molar-refractivity contribution in [1.82, 2.24) is 5.32 Å². The minimum Gasteiger partial charge on any atom is -0.478 e. The van der Waals surface area contributed by atoms with Crippen molar-refractivity contribution >= 4 is 5.97 Å². The number of hydrogen-bond acceptors (Lipinski definition) is 4. The molecule has 0 aromatic carbocycles. The lowest BCUT2D eigenvalue weighted by molar-refractivity contribution is 0.0695. The molecule has 2 N–H and O–H groups in total. The number of nitrogens with one attached hydrogen (secondary N) is 1. The third-order valence-electron chi connectivity index (χ3n) is 3.65. The normalized spacial score (nSPS) is 22.8. The van der Waals surface area contributed by atoms with Gasteiger partial charge >= 0.3 is 5.97 Å². The van der Waals surface area contributed by atoms with Crippen molar-refractivity contribution in [1.29, 1.82) is 0 Å². The molecule has 2 unspecified atom stereocenters. The van der Waals surface area contributed by atoms with Crippen LogP contribution in [0.15, 0.2) is 10.5 Å². The number of furan rings is 1. The second-order valence-electron chi connectivity index (χ2n) is 4.98. The van der Waals surface area contributed by atoms with E-state index in [9.17, 15) is 4.79 Å². The molecule has 0 radical (unpaired) electrons. The first-order valence-electron chi connectivity index (χ1n) is 6.76. The van der Waals surface area contributed by atoms with Crippen molar-refractivity contribution in [2.24, 2.45) is 5.92 Å². The number of aryl methyl sites for hydroxylation is 1. The molecule has 1 fully saturated rings. The molecular formula is C14H21NO4. The van der Waals surface area contributed by atoms with Crippen molar-refractivity contribution in [3.05, 3.63) is 23.2 Å². The molecule has 106 valence electrons. The highest BCUT2D eigenvalue weighted by Crippen LogP contribution is 2.22. The Morgan fingerprint density at radius 1 is 1.58 bits per heavy atom.